The molecule has 3 atom stereocenters. The highest BCUT2D eigenvalue weighted by Gasteiger charge is 2.50. The lowest BCUT2D eigenvalue weighted by Gasteiger charge is -2.55. The number of hydrogen-bond acceptors (Lipinski definition) is 5. The molecule has 1 aromatic carbocycles. The van der Waals surface area contributed by atoms with Gasteiger partial charge in [-0.1, -0.05) is 30.3 Å². The van der Waals surface area contributed by atoms with Crippen LogP contribution in [0.5, 0.6) is 0 Å². The van der Waals surface area contributed by atoms with Crippen molar-refractivity contribution in [2.75, 3.05) is 53.0 Å². The van der Waals surface area contributed by atoms with Gasteiger partial charge in [-0.3, -0.25) is 14.5 Å². The molecule has 7 nitrogen and oxygen atoms in total. The highest BCUT2D eigenvalue weighted by molar-refractivity contribution is 5.79. The van der Waals surface area contributed by atoms with Crippen molar-refractivity contribution in [3.05, 3.63) is 35.9 Å². The number of hydrogen-bond donors (Lipinski definition) is 1. The number of morpholine rings is 1. The number of ether oxygens (including phenoxy) is 1. The fourth-order valence-corrected chi connectivity index (χ4v) is 4.19. The molecule has 1 aromatic rings. The maximum atomic E-state index is 12.6. The number of carbonyl (C=O) groups excluding carboxylic acids is 2. The Morgan fingerprint density at radius 2 is 1.85 bits per heavy atom. The normalized spacial score (nSPS) is 25.7. The number of likely N-dealkylation sites (tertiary alicyclic amines) is 1. The Morgan fingerprint density at radius 3 is 2.44 bits per heavy atom. The summed E-state index contributed by atoms with van der Waals surface area (Å²) in [5, 5.41) is 9.82. The molecule has 2 aliphatic heterocycles. The number of rotatable bonds is 6. The van der Waals surface area contributed by atoms with Crippen LogP contribution in [0.3, 0.4) is 0 Å². The summed E-state index contributed by atoms with van der Waals surface area (Å²) in [5.41, 5.74) is 1.09. The van der Waals surface area contributed by atoms with Gasteiger partial charge < -0.3 is 19.6 Å². The number of aliphatic hydroxyl groups is 1. The van der Waals surface area contributed by atoms with E-state index in [2.05, 4.69) is 4.90 Å². The largest absolute Gasteiger partial charge is 0.394 e. The molecule has 0 radical (unpaired) electrons. The molecule has 7 heteroatoms. The van der Waals surface area contributed by atoms with Crippen LogP contribution < -0.4 is 0 Å². The minimum atomic E-state index is -0.238. The monoisotopic (exact) mass is 375 g/mol. The van der Waals surface area contributed by atoms with E-state index < -0.39 is 0 Å². The first-order valence-electron chi connectivity index (χ1n) is 9.51. The van der Waals surface area contributed by atoms with E-state index in [1.807, 2.05) is 30.3 Å². The van der Waals surface area contributed by atoms with E-state index >= 15 is 0 Å². The van der Waals surface area contributed by atoms with Gasteiger partial charge in [0.15, 0.2) is 0 Å². The zero-order valence-electron chi connectivity index (χ0n) is 16.1. The standard InChI is InChI=1S/C20H29N3O4/c1-15(25)23-17(20(18(23)14-24)16-6-4-3-5-7-16)12-21(2)19(26)13-22-8-10-27-11-9-22/h3-7,17-18,20,24H,8-14H2,1-2H3/t17-,18-,20+/m0/s1. The van der Waals surface area contributed by atoms with E-state index in [0.717, 1.165) is 18.7 Å². The van der Waals surface area contributed by atoms with E-state index in [4.69, 9.17) is 4.74 Å². The minimum Gasteiger partial charge on any atom is -0.394 e. The molecule has 2 heterocycles. The third kappa shape index (κ3) is 4.31. The molecule has 0 aromatic heterocycles. The SMILES string of the molecule is CC(=O)N1[C@@H](CO)[C@H](c2ccccc2)[C@@H]1CN(C)C(=O)CN1CCOCC1. The predicted octanol–water partition coefficient (Wildman–Crippen LogP) is 0.152. The van der Waals surface area contributed by atoms with Gasteiger partial charge in [0.2, 0.25) is 11.8 Å². The topological polar surface area (TPSA) is 73.3 Å². The molecular formula is C20H29N3O4. The second kappa shape index (κ2) is 8.82. The molecule has 2 saturated heterocycles. The molecular weight excluding hydrogens is 346 g/mol. The Labute approximate surface area is 160 Å². The van der Waals surface area contributed by atoms with Gasteiger partial charge in [-0.2, -0.15) is 0 Å². The molecule has 2 aliphatic rings. The number of aliphatic hydroxyl groups excluding tert-OH is 1. The summed E-state index contributed by atoms with van der Waals surface area (Å²) in [5.74, 6) is -0.00124. The summed E-state index contributed by atoms with van der Waals surface area (Å²) in [6, 6.07) is 9.56. The molecule has 1 N–H and O–H groups in total. The summed E-state index contributed by atoms with van der Waals surface area (Å²) in [6.07, 6.45) is 0. The van der Waals surface area contributed by atoms with Crippen molar-refractivity contribution in [1.82, 2.24) is 14.7 Å². The summed E-state index contributed by atoms with van der Waals surface area (Å²) >= 11 is 0. The Balaban J connectivity index is 1.69. The second-order valence-electron chi connectivity index (χ2n) is 7.34. The lowest BCUT2D eigenvalue weighted by atomic mass is 9.75. The van der Waals surface area contributed by atoms with E-state index in [1.165, 1.54) is 6.92 Å². The van der Waals surface area contributed by atoms with Crippen LogP contribution in [0.2, 0.25) is 0 Å². The van der Waals surface area contributed by atoms with Gasteiger partial charge >= 0.3 is 0 Å². The summed E-state index contributed by atoms with van der Waals surface area (Å²) < 4.78 is 5.33. The van der Waals surface area contributed by atoms with Crippen LogP contribution in [-0.2, 0) is 14.3 Å². The molecule has 0 aliphatic carbocycles. The van der Waals surface area contributed by atoms with E-state index in [-0.39, 0.29) is 36.4 Å². The average molecular weight is 375 g/mol. The zero-order valence-corrected chi connectivity index (χ0v) is 16.1. The van der Waals surface area contributed by atoms with Crippen LogP contribution in [0.15, 0.2) is 30.3 Å². The highest BCUT2D eigenvalue weighted by Crippen LogP contribution is 2.40. The van der Waals surface area contributed by atoms with Crippen LogP contribution >= 0.6 is 0 Å². The van der Waals surface area contributed by atoms with Gasteiger partial charge in [0.05, 0.1) is 38.4 Å². The number of nitrogens with zero attached hydrogens (tertiary/aromatic N) is 3. The first kappa shape index (κ1) is 19.8. The Morgan fingerprint density at radius 1 is 1.19 bits per heavy atom. The van der Waals surface area contributed by atoms with Crippen LogP contribution in [0.25, 0.3) is 0 Å². The van der Waals surface area contributed by atoms with E-state index in [9.17, 15) is 14.7 Å². The second-order valence-corrected chi connectivity index (χ2v) is 7.34. The third-order valence-electron chi connectivity index (χ3n) is 5.63. The molecule has 148 valence electrons. The molecule has 0 spiro atoms. The van der Waals surface area contributed by atoms with Crippen LogP contribution in [-0.4, -0.2) is 96.8 Å². The first-order valence-corrected chi connectivity index (χ1v) is 9.51. The fourth-order valence-electron chi connectivity index (χ4n) is 4.19. The van der Waals surface area contributed by atoms with Crippen molar-refractivity contribution >= 4 is 11.8 Å². The lowest BCUT2D eigenvalue weighted by molar-refractivity contribution is -0.152. The zero-order chi connectivity index (χ0) is 19.4. The Bertz CT molecular complexity index is 648. The molecule has 3 rings (SSSR count). The summed E-state index contributed by atoms with van der Waals surface area (Å²) in [7, 11) is 1.79. The molecule has 2 fully saturated rings. The van der Waals surface area contributed by atoms with Crippen molar-refractivity contribution in [2.24, 2.45) is 0 Å². The predicted molar refractivity (Wildman–Crippen MR) is 101 cm³/mol. The molecule has 2 amide bonds. The molecule has 27 heavy (non-hydrogen) atoms. The van der Waals surface area contributed by atoms with Crippen molar-refractivity contribution in [2.45, 2.75) is 24.9 Å². The highest BCUT2D eigenvalue weighted by atomic mass is 16.5. The number of likely N-dealkylation sites (N-methyl/N-ethyl adjacent to an activating group) is 1. The third-order valence-corrected chi connectivity index (χ3v) is 5.63. The number of benzene rings is 1. The first-order chi connectivity index (χ1) is 13.0. The van der Waals surface area contributed by atoms with Gasteiger partial charge in [0.1, 0.15) is 0 Å². The van der Waals surface area contributed by atoms with Crippen molar-refractivity contribution in [3.63, 3.8) is 0 Å². The van der Waals surface area contributed by atoms with Crippen molar-refractivity contribution < 1.29 is 19.4 Å². The maximum absolute atomic E-state index is 12.6. The van der Waals surface area contributed by atoms with Gasteiger partial charge in [0, 0.05) is 39.5 Å². The van der Waals surface area contributed by atoms with E-state index in [1.54, 1.807) is 16.8 Å². The smallest absolute Gasteiger partial charge is 0.236 e. The van der Waals surface area contributed by atoms with Crippen LogP contribution in [0.4, 0.5) is 0 Å². The van der Waals surface area contributed by atoms with Gasteiger partial charge in [-0.25, -0.2) is 0 Å². The van der Waals surface area contributed by atoms with Gasteiger partial charge in [-0.15, -0.1) is 0 Å². The van der Waals surface area contributed by atoms with Crippen LogP contribution in [0.1, 0.15) is 18.4 Å². The van der Waals surface area contributed by atoms with Gasteiger partial charge in [0.25, 0.3) is 0 Å². The lowest BCUT2D eigenvalue weighted by Crippen LogP contribution is -2.68. The molecule has 0 unspecified atom stereocenters. The van der Waals surface area contributed by atoms with Crippen molar-refractivity contribution in [1.29, 1.82) is 0 Å². The summed E-state index contributed by atoms with van der Waals surface area (Å²) in [6.45, 7) is 5.11. The fraction of sp³-hybridized carbons (Fsp3) is 0.600. The average Bonchev–Trinajstić information content (AvgIpc) is 2.65. The van der Waals surface area contributed by atoms with E-state index in [0.29, 0.717) is 26.3 Å². The van der Waals surface area contributed by atoms with Crippen molar-refractivity contribution in [3.8, 4) is 0 Å². The number of carbonyl (C=O) groups is 2. The Kier molecular flexibility index (Phi) is 6.46. The molecule has 0 bridgehead atoms. The molecule has 0 saturated carbocycles. The number of amides is 2. The maximum Gasteiger partial charge on any atom is 0.236 e. The minimum absolute atomic E-state index is 0.0266. The van der Waals surface area contributed by atoms with Crippen LogP contribution in [0, 0.1) is 0 Å². The summed E-state index contributed by atoms with van der Waals surface area (Å²) in [4.78, 5) is 30.3. The quantitative estimate of drug-likeness (QED) is 0.766. The Hall–Kier alpha value is -1.96. The van der Waals surface area contributed by atoms with Gasteiger partial charge in [-0.05, 0) is 5.56 Å².